The summed E-state index contributed by atoms with van der Waals surface area (Å²) in [4.78, 5) is 4.10. The lowest BCUT2D eigenvalue weighted by Gasteiger charge is -2.14. The molecule has 0 heterocycles. The Labute approximate surface area is 151 Å². The molecule has 0 spiro atoms. The lowest BCUT2D eigenvalue weighted by Crippen LogP contribution is -2.37. The van der Waals surface area contributed by atoms with E-state index in [1.54, 1.807) is 31.3 Å². The highest BCUT2D eigenvalue weighted by atomic mass is 19.3. The largest absolute Gasteiger partial charge is 0.434 e. The van der Waals surface area contributed by atoms with Crippen LogP contribution in [0.1, 0.15) is 17.5 Å². The third kappa shape index (κ3) is 6.66. The van der Waals surface area contributed by atoms with Crippen LogP contribution in [-0.4, -0.2) is 26.2 Å². The van der Waals surface area contributed by atoms with Crippen LogP contribution in [0.3, 0.4) is 0 Å². The maximum absolute atomic E-state index is 13.1. The van der Waals surface area contributed by atoms with Gasteiger partial charge in [-0.1, -0.05) is 30.3 Å². The first-order chi connectivity index (χ1) is 12.6. The minimum Gasteiger partial charge on any atom is -0.434 e. The van der Waals surface area contributed by atoms with Crippen molar-refractivity contribution in [2.45, 2.75) is 26.0 Å². The number of hydrogen-bond donors (Lipinski definition) is 2. The lowest BCUT2D eigenvalue weighted by molar-refractivity contribution is -0.0504. The van der Waals surface area contributed by atoms with Gasteiger partial charge in [0.2, 0.25) is 0 Å². The van der Waals surface area contributed by atoms with E-state index < -0.39 is 6.61 Å². The van der Waals surface area contributed by atoms with Gasteiger partial charge in [0.05, 0.1) is 0 Å². The van der Waals surface area contributed by atoms with Gasteiger partial charge in [0, 0.05) is 25.7 Å². The summed E-state index contributed by atoms with van der Waals surface area (Å²) >= 11 is 0. The number of benzene rings is 2. The van der Waals surface area contributed by atoms with Crippen molar-refractivity contribution in [2.75, 3.05) is 13.6 Å². The summed E-state index contributed by atoms with van der Waals surface area (Å²) in [6, 6.07) is 13.1. The fourth-order valence-corrected chi connectivity index (χ4v) is 2.45. The van der Waals surface area contributed by atoms with Crippen molar-refractivity contribution in [3.8, 4) is 5.75 Å². The molecule has 2 aromatic carbocycles. The van der Waals surface area contributed by atoms with Crippen LogP contribution in [0.15, 0.2) is 53.5 Å². The second-order valence-electron chi connectivity index (χ2n) is 5.57. The molecule has 0 aromatic heterocycles. The molecule has 2 aromatic rings. The molecule has 140 valence electrons. The molecule has 0 saturated carbocycles. The van der Waals surface area contributed by atoms with Gasteiger partial charge < -0.3 is 15.4 Å². The van der Waals surface area contributed by atoms with Crippen molar-refractivity contribution in [1.82, 2.24) is 10.6 Å². The summed E-state index contributed by atoms with van der Waals surface area (Å²) in [7, 11) is 1.63. The Kier molecular flexibility index (Phi) is 7.79. The monoisotopic (exact) mass is 365 g/mol. The van der Waals surface area contributed by atoms with Crippen LogP contribution in [-0.2, 0) is 13.0 Å². The number of nitrogens with zero attached hydrogens (tertiary/aromatic N) is 1. The molecule has 0 unspecified atom stereocenters. The van der Waals surface area contributed by atoms with Gasteiger partial charge in [0.1, 0.15) is 11.6 Å². The summed E-state index contributed by atoms with van der Waals surface area (Å²) in [5, 5.41) is 6.20. The van der Waals surface area contributed by atoms with E-state index in [4.69, 9.17) is 0 Å². The zero-order chi connectivity index (χ0) is 18.8. The Balaban J connectivity index is 1.78. The summed E-state index contributed by atoms with van der Waals surface area (Å²) in [5.41, 5.74) is 1.54. The fraction of sp³-hybridized carbons (Fsp3) is 0.316. The highest BCUT2D eigenvalue weighted by molar-refractivity contribution is 5.79. The van der Waals surface area contributed by atoms with Gasteiger partial charge in [-0.3, -0.25) is 4.99 Å². The predicted octanol–water partition coefficient (Wildman–Crippen LogP) is 3.72. The molecule has 0 radical (unpaired) electrons. The molecular weight excluding hydrogens is 343 g/mol. The van der Waals surface area contributed by atoms with Crippen molar-refractivity contribution in [3.63, 3.8) is 0 Å². The third-order valence-electron chi connectivity index (χ3n) is 3.68. The minimum absolute atomic E-state index is 0.136. The van der Waals surface area contributed by atoms with Crippen LogP contribution >= 0.6 is 0 Å². The zero-order valence-electron chi connectivity index (χ0n) is 14.5. The quantitative estimate of drug-likeness (QED) is 0.426. The van der Waals surface area contributed by atoms with Crippen LogP contribution in [0.5, 0.6) is 5.75 Å². The Morgan fingerprint density at radius 2 is 1.92 bits per heavy atom. The Morgan fingerprint density at radius 1 is 1.12 bits per heavy atom. The first kappa shape index (κ1) is 19.6. The Hall–Kier alpha value is -2.70. The maximum Gasteiger partial charge on any atom is 0.387 e. The molecule has 0 amide bonds. The Bertz CT molecular complexity index is 723. The van der Waals surface area contributed by atoms with Gasteiger partial charge in [0.15, 0.2) is 5.96 Å². The van der Waals surface area contributed by atoms with E-state index in [0.29, 0.717) is 24.6 Å². The summed E-state index contributed by atoms with van der Waals surface area (Å²) in [5.74, 6) is 0.449. The molecule has 0 bridgehead atoms. The van der Waals surface area contributed by atoms with E-state index >= 15 is 0 Å². The molecule has 0 fully saturated rings. The van der Waals surface area contributed by atoms with Crippen molar-refractivity contribution in [3.05, 3.63) is 65.5 Å². The topological polar surface area (TPSA) is 45.7 Å². The van der Waals surface area contributed by atoms with Crippen LogP contribution in [0.4, 0.5) is 13.2 Å². The third-order valence-corrected chi connectivity index (χ3v) is 3.68. The summed E-state index contributed by atoms with van der Waals surface area (Å²) in [6.45, 7) is -1.92. The molecule has 26 heavy (non-hydrogen) atoms. The van der Waals surface area contributed by atoms with Gasteiger partial charge in [-0.25, -0.2) is 4.39 Å². The van der Waals surface area contributed by atoms with E-state index in [1.807, 2.05) is 6.07 Å². The van der Waals surface area contributed by atoms with E-state index in [0.717, 1.165) is 18.4 Å². The number of hydrogen-bond acceptors (Lipinski definition) is 2. The van der Waals surface area contributed by atoms with Crippen molar-refractivity contribution >= 4 is 5.96 Å². The molecule has 0 atom stereocenters. The van der Waals surface area contributed by atoms with Crippen molar-refractivity contribution in [1.29, 1.82) is 0 Å². The minimum atomic E-state index is -2.86. The molecule has 0 aliphatic heterocycles. The number of ether oxygens (including phenoxy) is 1. The molecule has 2 rings (SSSR count). The normalized spacial score (nSPS) is 11.5. The van der Waals surface area contributed by atoms with Crippen LogP contribution in [0, 0.1) is 5.82 Å². The molecule has 0 saturated heterocycles. The highest BCUT2D eigenvalue weighted by Crippen LogP contribution is 2.19. The average molecular weight is 365 g/mol. The van der Waals surface area contributed by atoms with Gasteiger partial charge in [-0.2, -0.15) is 8.78 Å². The van der Waals surface area contributed by atoms with Gasteiger partial charge in [-0.15, -0.1) is 0 Å². The van der Waals surface area contributed by atoms with E-state index in [-0.39, 0.29) is 11.6 Å². The number of alkyl halides is 2. The number of para-hydroxylation sites is 1. The van der Waals surface area contributed by atoms with Crippen LogP contribution < -0.4 is 15.4 Å². The van der Waals surface area contributed by atoms with Crippen LogP contribution in [0.25, 0.3) is 0 Å². The summed E-state index contributed by atoms with van der Waals surface area (Å²) in [6.07, 6.45) is 1.54. The maximum atomic E-state index is 13.1. The summed E-state index contributed by atoms with van der Waals surface area (Å²) < 4.78 is 42.5. The smallest absolute Gasteiger partial charge is 0.387 e. The van der Waals surface area contributed by atoms with E-state index in [9.17, 15) is 13.2 Å². The zero-order valence-corrected chi connectivity index (χ0v) is 14.5. The van der Waals surface area contributed by atoms with Crippen molar-refractivity contribution < 1.29 is 17.9 Å². The van der Waals surface area contributed by atoms with E-state index in [2.05, 4.69) is 20.4 Å². The molecule has 7 heteroatoms. The first-order valence-corrected chi connectivity index (χ1v) is 8.30. The lowest BCUT2D eigenvalue weighted by atomic mass is 10.1. The number of guanidine groups is 1. The van der Waals surface area contributed by atoms with Gasteiger partial charge in [0.25, 0.3) is 0 Å². The van der Waals surface area contributed by atoms with Gasteiger partial charge >= 0.3 is 6.61 Å². The second kappa shape index (κ2) is 10.3. The molecule has 0 aliphatic rings. The first-order valence-electron chi connectivity index (χ1n) is 8.30. The molecular formula is C19H22F3N3O. The number of halogens is 3. The average Bonchev–Trinajstić information content (AvgIpc) is 2.62. The van der Waals surface area contributed by atoms with Crippen molar-refractivity contribution in [2.24, 2.45) is 4.99 Å². The highest BCUT2D eigenvalue weighted by Gasteiger charge is 2.09. The standard InChI is InChI=1S/C19H22F3N3O/c1-23-19(24-11-5-7-14-6-4-9-16(20)12-14)25-13-15-8-2-3-10-17(15)26-18(21)22/h2-4,6,8-10,12,18H,5,7,11,13H2,1H3,(H2,23,24,25). The SMILES string of the molecule is CN=C(NCCCc1cccc(F)c1)NCc1ccccc1OC(F)F. The number of aliphatic imine (C=N–C) groups is 1. The van der Waals surface area contributed by atoms with E-state index in [1.165, 1.54) is 18.2 Å². The second-order valence-corrected chi connectivity index (χ2v) is 5.57. The number of aryl methyl sites for hydroxylation is 1. The number of nitrogens with one attached hydrogen (secondary N) is 2. The van der Waals surface area contributed by atoms with Gasteiger partial charge in [-0.05, 0) is 36.6 Å². The fourth-order valence-electron chi connectivity index (χ4n) is 2.45. The predicted molar refractivity (Wildman–Crippen MR) is 96.0 cm³/mol. The Morgan fingerprint density at radius 3 is 2.65 bits per heavy atom. The molecule has 4 nitrogen and oxygen atoms in total. The van der Waals surface area contributed by atoms with Crippen LogP contribution in [0.2, 0.25) is 0 Å². The molecule has 0 aliphatic carbocycles. The molecule has 2 N–H and O–H groups in total. The number of rotatable bonds is 8.